The summed E-state index contributed by atoms with van der Waals surface area (Å²) in [6.45, 7) is 0. The maximum absolute atomic E-state index is 11.4. The molecule has 9 rings (SSSR count). The summed E-state index contributed by atoms with van der Waals surface area (Å²) in [5, 5.41) is 127. The van der Waals surface area contributed by atoms with Crippen molar-refractivity contribution in [3.05, 3.63) is 130 Å². The van der Waals surface area contributed by atoms with Crippen LogP contribution in [0, 0.1) is 0 Å². The van der Waals surface area contributed by atoms with E-state index in [-0.39, 0.29) is 134 Å². The summed E-state index contributed by atoms with van der Waals surface area (Å²) in [7, 11) is 0. The van der Waals surface area contributed by atoms with E-state index >= 15 is 0 Å². The van der Waals surface area contributed by atoms with Gasteiger partial charge in [0.05, 0.1) is 22.8 Å². The summed E-state index contributed by atoms with van der Waals surface area (Å²) in [6, 6.07) is 22.0. The second kappa shape index (κ2) is 18.2. The van der Waals surface area contributed by atoms with Crippen LogP contribution in [0.2, 0.25) is 0 Å². The average Bonchev–Trinajstić information content (AvgIpc) is 3.22. The van der Waals surface area contributed by atoms with Crippen LogP contribution in [0.3, 0.4) is 0 Å². The predicted octanol–water partition coefficient (Wildman–Crippen LogP) is 6.62. The Bertz CT molecular complexity index is 3150. The lowest BCUT2D eigenvalue weighted by Crippen LogP contribution is -1.99. The highest BCUT2D eigenvalue weighted by Gasteiger charge is 2.25. The zero-order chi connectivity index (χ0) is 45.4. The van der Waals surface area contributed by atoms with Crippen molar-refractivity contribution in [2.75, 3.05) is 0 Å². The van der Waals surface area contributed by atoms with E-state index in [0.29, 0.717) is 11.1 Å². The molecule has 65 heavy (non-hydrogen) atoms. The van der Waals surface area contributed by atoms with Crippen LogP contribution in [0.1, 0.15) is 2.85 Å². The fraction of sp³-hybridized carbons (Fsp3) is 0. The molecule has 4 aliphatic rings. The minimum Gasteiger partial charge on any atom is -0.870 e. The molecule has 1 aromatic heterocycles. The van der Waals surface area contributed by atoms with Crippen LogP contribution in [0.5, 0.6) is 74.7 Å². The van der Waals surface area contributed by atoms with Crippen molar-refractivity contribution in [2.24, 2.45) is 0 Å². The minimum absolute atomic E-state index is 0. The number of hydrogen-bond donors (Lipinski definition) is 12. The molecule has 20 nitrogen and oxygen atoms in total. The molecule has 4 aromatic carbocycles. The molecule has 0 fully saturated rings. The number of rotatable bonds is 3. The van der Waals surface area contributed by atoms with E-state index in [2.05, 4.69) is 0 Å². The van der Waals surface area contributed by atoms with Gasteiger partial charge in [-0.05, 0) is 48.5 Å². The summed E-state index contributed by atoms with van der Waals surface area (Å²) < 4.78 is 16.3. The highest BCUT2D eigenvalue weighted by atomic mass is 16.4. The third-order valence-electron chi connectivity index (χ3n) is 9.17. The molecule has 0 bridgehead atoms. The summed E-state index contributed by atoms with van der Waals surface area (Å²) in [5.41, 5.74) is 0.551. The number of aromatic hydroxyl groups is 12. The van der Waals surface area contributed by atoms with Gasteiger partial charge in [-0.15, -0.1) is 0 Å². The molecule has 0 unspecified atom stereocenters. The molecule has 20 heteroatoms. The zero-order valence-corrected chi connectivity index (χ0v) is 32.6. The van der Waals surface area contributed by atoms with Crippen LogP contribution in [-0.2, 0) is 0 Å². The first-order valence-electron chi connectivity index (χ1n) is 17.9. The Morgan fingerprint density at radius 1 is 0.415 bits per heavy atom. The Morgan fingerprint density at radius 3 is 1.37 bits per heavy atom. The van der Waals surface area contributed by atoms with Crippen molar-refractivity contribution >= 4 is 11.0 Å². The first kappa shape index (κ1) is 46.5. The molecule has 0 saturated heterocycles. The smallest absolute Gasteiger partial charge is 0.870 e. The molecule has 0 radical (unpaired) electrons. The largest absolute Gasteiger partial charge is 1.00 e. The number of phenolic OH excluding ortho intramolecular Hbond substituents is 9. The van der Waals surface area contributed by atoms with Gasteiger partial charge in [0.15, 0.2) is 56.9 Å². The van der Waals surface area contributed by atoms with Crippen molar-refractivity contribution < 1.29 is 93.4 Å². The lowest BCUT2D eigenvalue weighted by molar-refractivity contribution is -0.270. The van der Waals surface area contributed by atoms with Crippen LogP contribution in [-0.4, -0.2) is 72.2 Å². The minimum atomic E-state index is -0.557. The standard InChI is InChI=1S/3C15H10O6.2H2O/c3*16-8-4-11(18)9-6-13(20)15(21-14(9)5-8)7-1-2-10(17)12(19)3-7;;/h1-6H,(H4-,16,17,18,19,20);2*1-6,17-20H;2*1H2. The number of benzene rings is 6. The Labute approximate surface area is 364 Å². The van der Waals surface area contributed by atoms with Crippen molar-refractivity contribution in [1.29, 1.82) is 0 Å². The fourth-order valence-electron chi connectivity index (χ4n) is 6.16. The normalized spacial score (nSPS) is 10.5. The highest BCUT2D eigenvalue weighted by molar-refractivity contribution is 5.88. The van der Waals surface area contributed by atoms with Crippen LogP contribution in [0.15, 0.2) is 132 Å². The van der Waals surface area contributed by atoms with E-state index in [1.807, 2.05) is 0 Å². The predicted molar refractivity (Wildman–Crippen MR) is 226 cm³/mol. The number of phenols is 9. The van der Waals surface area contributed by atoms with Gasteiger partial charge >= 0.3 is 14.2 Å². The van der Waals surface area contributed by atoms with E-state index in [0.717, 1.165) is 30.3 Å². The number of fused-ring (bicyclic) bond motifs is 3. The maximum Gasteiger partial charge on any atom is 1.00 e. The molecular formula is C45H34O20. The molecule has 3 heterocycles. The Morgan fingerprint density at radius 2 is 0.877 bits per heavy atom. The van der Waals surface area contributed by atoms with Gasteiger partial charge in [-0.3, -0.25) is 9.59 Å². The molecule has 0 amide bonds. The van der Waals surface area contributed by atoms with Gasteiger partial charge in [0, 0.05) is 53.6 Å². The van der Waals surface area contributed by atoms with Gasteiger partial charge in [0.1, 0.15) is 45.7 Å². The topological polar surface area (TPSA) is 398 Å². The molecule has 0 saturated carbocycles. The lowest BCUT2D eigenvalue weighted by Gasteiger charge is -2.13. The SMILES string of the molecule is O=c1cc2oc(-c3ccc(O)c(O)c3)c(O)cc-2c(O)c1.O=c1cc2oc(-c3ccc([O-])c(O)c3)c(O)cc-2c(O)c1.Oc1cc(O)c2cc(O)c(-c3ccc(O)c(O)c3)[o+]c2c1.[H+].[H+].[OH-].[OH-]. The molecule has 5 aromatic rings. The second-order valence-corrected chi connectivity index (χ2v) is 13.6. The van der Waals surface area contributed by atoms with Gasteiger partial charge in [0.25, 0.3) is 0 Å². The Hall–Kier alpha value is -9.53. The third-order valence-corrected chi connectivity index (χ3v) is 9.17. The van der Waals surface area contributed by atoms with Crippen LogP contribution >= 0.6 is 0 Å². The van der Waals surface area contributed by atoms with Crippen molar-refractivity contribution in [3.8, 4) is 131 Å². The summed E-state index contributed by atoms with van der Waals surface area (Å²) in [4.78, 5) is 22.8. The highest BCUT2D eigenvalue weighted by Crippen LogP contribution is 2.44. The number of hydrogen-bond acceptors (Lipinski definition) is 19. The van der Waals surface area contributed by atoms with Crippen LogP contribution in [0.4, 0.5) is 0 Å². The molecule has 0 atom stereocenters. The van der Waals surface area contributed by atoms with Crippen LogP contribution < -0.4 is 16.0 Å². The van der Waals surface area contributed by atoms with E-state index in [1.165, 1.54) is 78.9 Å². The third kappa shape index (κ3) is 9.53. The maximum atomic E-state index is 11.4. The summed E-state index contributed by atoms with van der Waals surface area (Å²) in [6.07, 6.45) is 0. The van der Waals surface area contributed by atoms with E-state index in [1.54, 1.807) is 0 Å². The fourth-order valence-corrected chi connectivity index (χ4v) is 6.16. The molecular weight excluding hydrogens is 860 g/mol. The Balaban J connectivity index is 0.000000259. The van der Waals surface area contributed by atoms with Crippen molar-refractivity contribution in [1.82, 2.24) is 0 Å². The molecule has 2 aliphatic heterocycles. The first-order chi connectivity index (χ1) is 29.9. The second-order valence-electron chi connectivity index (χ2n) is 13.6. The van der Waals surface area contributed by atoms with Gasteiger partial charge in [0.2, 0.25) is 5.75 Å². The molecule has 0 spiro atoms. The summed E-state index contributed by atoms with van der Waals surface area (Å²) >= 11 is 0. The molecule has 334 valence electrons. The lowest BCUT2D eigenvalue weighted by atomic mass is 10.1. The van der Waals surface area contributed by atoms with Gasteiger partial charge in [-0.25, -0.2) is 4.42 Å². The summed E-state index contributed by atoms with van der Waals surface area (Å²) in [5.74, 6) is -4.04. The average molecular weight is 895 g/mol. The zero-order valence-electron chi connectivity index (χ0n) is 34.6. The monoisotopic (exact) mass is 894 g/mol. The Kier molecular flexibility index (Phi) is 13.0. The van der Waals surface area contributed by atoms with E-state index in [9.17, 15) is 76.0 Å². The first-order valence-corrected chi connectivity index (χ1v) is 17.9. The quantitative estimate of drug-likeness (QED) is 0.0654. The van der Waals surface area contributed by atoms with E-state index in [4.69, 9.17) is 13.3 Å². The molecule has 2 aliphatic carbocycles. The van der Waals surface area contributed by atoms with Crippen molar-refractivity contribution in [3.63, 3.8) is 0 Å². The molecule has 14 N–H and O–H groups in total. The van der Waals surface area contributed by atoms with Gasteiger partial charge < -0.3 is 86.2 Å². The van der Waals surface area contributed by atoms with Gasteiger partial charge in [-0.1, -0.05) is 17.9 Å². The van der Waals surface area contributed by atoms with Crippen molar-refractivity contribution in [2.45, 2.75) is 0 Å². The van der Waals surface area contributed by atoms with E-state index < -0.39 is 22.4 Å². The van der Waals surface area contributed by atoms with Crippen LogP contribution in [0.25, 0.3) is 67.6 Å². The van der Waals surface area contributed by atoms with Gasteiger partial charge in [-0.2, -0.15) is 0 Å².